The Morgan fingerprint density at radius 1 is 0.215 bits per heavy atom. The summed E-state index contributed by atoms with van der Waals surface area (Å²) in [5, 5.41) is 10.0. The van der Waals surface area contributed by atoms with E-state index in [4.69, 9.17) is 0 Å². The zero-order chi connectivity index (χ0) is 42.9. The average Bonchev–Trinajstić information content (AvgIpc) is 3.69. The molecule has 12 aromatic rings. The van der Waals surface area contributed by atoms with Crippen LogP contribution in [-0.4, -0.2) is 0 Å². The predicted molar refractivity (Wildman–Crippen MR) is 276 cm³/mol. The summed E-state index contributed by atoms with van der Waals surface area (Å²) in [6.45, 7) is 0. The van der Waals surface area contributed by atoms with Gasteiger partial charge in [-0.2, -0.15) is 0 Å². The molecule has 0 saturated heterocycles. The molecular formula is C65H42. The standard InChI is InChI=1S/C65H42/c1-2-18-53(19-3-1)65(61-24-12-10-20-55(61)56-21-11-13-25-62(56)65)54-37-34-46(35-38-54)45-26-28-47(29-27-45)50-36-39-59-60(42-50)64(52-33-31-44-15-5-7-17-49(44)41-52)58-23-9-8-22-57(58)63(59)51-32-30-43-14-4-6-16-48(43)40-51/h1-42H. The van der Waals surface area contributed by atoms with Crippen LogP contribution in [0.1, 0.15) is 22.3 Å². The van der Waals surface area contributed by atoms with E-state index in [-0.39, 0.29) is 0 Å². The Morgan fingerprint density at radius 3 is 1.17 bits per heavy atom. The molecule has 0 aliphatic heterocycles. The highest BCUT2D eigenvalue weighted by atomic mass is 14.5. The highest BCUT2D eigenvalue weighted by Crippen LogP contribution is 2.56. The molecule has 0 fully saturated rings. The zero-order valence-corrected chi connectivity index (χ0v) is 35.7. The van der Waals surface area contributed by atoms with Gasteiger partial charge in [-0.15, -0.1) is 0 Å². The van der Waals surface area contributed by atoms with E-state index in [0.29, 0.717) is 0 Å². The number of hydrogen-bond donors (Lipinski definition) is 0. The van der Waals surface area contributed by atoms with E-state index in [0.717, 1.165) is 0 Å². The summed E-state index contributed by atoms with van der Waals surface area (Å²) in [4.78, 5) is 0. The van der Waals surface area contributed by atoms with Crippen LogP contribution in [0, 0.1) is 0 Å². The van der Waals surface area contributed by atoms with Gasteiger partial charge in [-0.3, -0.25) is 0 Å². The minimum absolute atomic E-state index is 0.405. The largest absolute Gasteiger partial charge is 0.0713 e. The van der Waals surface area contributed by atoms with Crippen molar-refractivity contribution in [3.05, 3.63) is 277 Å². The van der Waals surface area contributed by atoms with Crippen molar-refractivity contribution in [2.45, 2.75) is 5.41 Å². The molecular weight excluding hydrogens is 781 g/mol. The van der Waals surface area contributed by atoms with E-state index in [9.17, 15) is 0 Å². The highest BCUT2D eigenvalue weighted by Gasteiger charge is 2.45. The topological polar surface area (TPSA) is 0 Å². The molecule has 0 heteroatoms. The van der Waals surface area contributed by atoms with Gasteiger partial charge < -0.3 is 0 Å². The summed E-state index contributed by atoms with van der Waals surface area (Å²) in [5.41, 5.74) is 17.2. The summed E-state index contributed by atoms with van der Waals surface area (Å²) in [6, 6.07) is 94.7. The second-order valence-electron chi connectivity index (χ2n) is 17.5. The minimum atomic E-state index is -0.405. The lowest BCUT2D eigenvalue weighted by Crippen LogP contribution is -2.28. The molecule has 0 saturated carbocycles. The molecule has 302 valence electrons. The van der Waals surface area contributed by atoms with Gasteiger partial charge in [0.25, 0.3) is 0 Å². The molecule has 0 heterocycles. The summed E-state index contributed by atoms with van der Waals surface area (Å²) >= 11 is 0. The van der Waals surface area contributed by atoms with Gasteiger partial charge in [0.15, 0.2) is 0 Å². The van der Waals surface area contributed by atoms with E-state index in [1.807, 2.05) is 0 Å². The molecule has 1 aliphatic rings. The highest BCUT2D eigenvalue weighted by molar-refractivity contribution is 6.22. The summed E-state index contributed by atoms with van der Waals surface area (Å²) in [5.74, 6) is 0. The van der Waals surface area contributed by atoms with Crippen LogP contribution >= 0.6 is 0 Å². The SMILES string of the molecule is c1ccc(C2(c3ccc(-c4ccc(-c5ccc6c(-c7ccc8ccccc8c7)c7ccccc7c(-c7ccc8ccccc8c7)c6c5)cc4)cc3)c3ccccc3-c3ccccc32)cc1. The van der Waals surface area contributed by atoms with Gasteiger partial charge in [-0.1, -0.05) is 237 Å². The molecule has 13 rings (SSSR count). The first-order valence-electron chi connectivity index (χ1n) is 22.7. The number of fused-ring (bicyclic) bond motifs is 7. The van der Waals surface area contributed by atoms with E-state index in [1.54, 1.807) is 0 Å². The van der Waals surface area contributed by atoms with Crippen molar-refractivity contribution in [2.75, 3.05) is 0 Å². The Labute approximate surface area is 379 Å². The second kappa shape index (κ2) is 14.9. The van der Waals surface area contributed by atoms with Crippen molar-refractivity contribution in [1.29, 1.82) is 0 Å². The van der Waals surface area contributed by atoms with Gasteiger partial charge in [0.1, 0.15) is 0 Å². The van der Waals surface area contributed by atoms with Crippen LogP contribution in [0.15, 0.2) is 255 Å². The molecule has 0 atom stereocenters. The van der Waals surface area contributed by atoms with Crippen molar-refractivity contribution >= 4 is 43.1 Å². The summed E-state index contributed by atoms with van der Waals surface area (Å²) in [6.07, 6.45) is 0. The average molecular weight is 823 g/mol. The van der Waals surface area contributed by atoms with E-state index >= 15 is 0 Å². The Bertz CT molecular complexity index is 3750. The van der Waals surface area contributed by atoms with Crippen LogP contribution in [0.5, 0.6) is 0 Å². The first-order chi connectivity index (χ1) is 32.2. The monoisotopic (exact) mass is 822 g/mol. The van der Waals surface area contributed by atoms with Gasteiger partial charge >= 0.3 is 0 Å². The van der Waals surface area contributed by atoms with Crippen molar-refractivity contribution in [1.82, 2.24) is 0 Å². The molecule has 0 aromatic heterocycles. The van der Waals surface area contributed by atoms with Crippen LogP contribution in [0.25, 0.3) is 98.7 Å². The first kappa shape index (κ1) is 37.3. The fourth-order valence-corrected chi connectivity index (χ4v) is 11.1. The Kier molecular flexibility index (Phi) is 8.54. The third-order valence-electron chi connectivity index (χ3n) is 14.1. The van der Waals surface area contributed by atoms with Crippen molar-refractivity contribution < 1.29 is 0 Å². The maximum absolute atomic E-state index is 2.43. The van der Waals surface area contributed by atoms with E-state index < -0.39 is 5.41 Å². The van der Waals surface area contributed by atoms with Gasteiger partial charge in [0, 0.05) is 0 Å². The fourth-order valence-electron chi connectivity index (χ4n) is 11.1. The van der Waals surface area contributed by atoms with Crippen molar-refractivity contribution in [3.63, 3.8) is 0 Å². The number of rotatable bonds is 6. The van der Waals surface area contributed by atoms with Crippen molar-refractivity contribution in [3.8, 4) is 55.6 Å². The molecule has 0 N–H and O–H groups in total. The maximum atomic E-state index is 2.43. The maximum Gasteiger partial charge on any atom is 0.0713 e. The lowest BCUT2D eigenvalue weighted by molar-refractivity contribution is 0.768. The molecule has 65 heavy (non-hydrogen) atoms. The van der Waals surface area contributed by atoms with Gasteiger partial charge in [0.05, 0.1) is 5.41 Å². The number of benzene rings is 12. The molecule has 0 nitrogen and oxygen atoms in total. The van der Waals surface area contributed by atoms with Crippen LogP contribution in [0.4, 0.5) is 0 Å². The fraction of sp³-hybridized carbons (Fsp3) is 0.0154. The molecule has 0 bridgehead atoms. The van der Waals surface area contributed by atoms with E-state index in [2.05, 4.69) is 255 Å². The molecule has 0 radical (unpaired) electrons. The van der Waals surface area contributed by atoms with E-state index in [1.165, 1.54) is 121 Å². The smallest absolute Gasteiger partial charge is 0.0622 e. The Hall–Kier alpha value is -8.32. The van der Waals surface area contributed by atoms with Gasteiger partial charge in [-0.25, -0.2) is 0 Å². The molecule has 0 unspecified atom stereocenters. The molecule has 0 spiro atoms. The lowest BCUT2D eigenvalue weighted by Gasteiger charge is -2.34. The molecule has 1 aliphatic carbocycles. The quantitative estimate of drug-likeness (QED) is 0.147. The summed E-state index contributed by atoms with van der Waals surface area (Å²) in [7, 11) is 0. The first-order valence-corrected chi connectivity index (χ1v) is 22.7. The van der Waals surface area contributed by atoms with Crippen molar-refractivity contribution in [2.24, 2.45) is 0 Å². The Morgan fingerprint density at radius 2 is 0.600 bits per heavy atom. The number of hydrogen-bond acceptors (Lipinski definition) is 0. The predicted octanol–water partition coefficient (Wildman–Crippen LogP) is 17.3. The third kappa shape index (κ3) is 5.84. The van der Waals surface area contributed by atoms with Crippen LogP contribution in [0.2, 0.25) is 0 Å². The zero-order valence-electron chi connectivity index (χ0n) is 35.7. The third-order valence-corrected chi connectivity index (χ3v) is 14.1. The van der Waals surface area contributed by atoms with Crippen LogP contribution in [0.3, 0.4) is 0 Å². The van der Waals surface area contributed by atoms with Crippen LogP contribution < -0.4 is 0 Å². The lowest BCUT2D eigenvalue weighted by atomic mass is 9.67. The van der Waals surface area contributed by atoms with Gasteiger partial charge in [-0.05, 0) is 139 Å². The van der Waals surface area contributed by atoms with Gasteiger partial charge in [0.2, 0.25) is 0 Å². The minimum Gasteiger partial charge on any atom is -0.0622 e. The normalized spacial score (nSPS) is 12.7. The molecule has 12 aromatic carbocycles. The summed E-state index contributed by atoms with van der Waals surface area (Å²) < 4.78 is 0. The Balaban J connectivity index is 0.935. The molecule has 0 amide bonds. The van der Waals surface area contributed by atoms with Crippen LogP contribution in [-0.2, 0) is 5.41 Å². The second-order valence-corrected chi connectivity index (χ2v) is 17.5.